The highest BCUT2D eigenvalue weighted by atomic mass is 16.1. The molecule has 0 saturated heterocycles. The van der Waals surface area contributed by atoms with Gasteiger partial charge in [-0.1, -0.05) is 0 Å². The van der Waals surface area contributed by atoms with Crippen molar-refractivity contribution in [1.82, 2.24) is 45.0 Å². The third kappa shape index (κ3) is 4.46. The normalized spacial score (nSPS) is 10.7. The first-order chi connectivity index (χ1) is 14.6. The number of hydrogen-bond acceptors (Lipinski definition) is 8. The van der Waals surface area contributed by atoms with E-state index in [9.17, 15) is 4.79 Å². The van der Waals surface area contributed by atoms with Crippen molar-refractivity contribution in [3.05, 3.63) is 66.1 Å². The zero-order chi connectivity index (χ0) is 20.9. The van der Waals surface area contributed by atoms with E-state index in [1.807, 2.05) is 31.3 Å². The maximum absolute atomic E-state index is 12.4. The van der Waals surface area contributed by atoms with Crippen LogP contribution in [-0.2, 0) is 0 Å². The Bertz CT molecular complexity index is 1130. The van der Waals surface area contributed by atoms with Gasteiger partial charge in [-0.15, -0.1) is 10.2 Å². The molecule has 0 aromatic carbocycles. The van der Waals surface area contributed by atoms with Crippen molar-refractivity contribution >= 4 is 11.7 Å². The molecule has 0 aliphatic rings. The zero-order valence-electron chi connectivity index (χ0n) is 16.5. The largest absolute Gasteiger partial charge is 0.367 e. The zero-order valence-corrected chi connectivity index (χ0v) is 16.5. The Balaban J connectivity index is 1.30. The van der Waals surface area contributed by atoms with E-state index in [1.54, 1.807) is 40.8 Å². The summed E-state index contributed by atoms with van der Waals surface area (Å²) in [5.74, 6) is 1.99. The Kier molecular flexibility index (Phi) is 5.42. The first-order valence-electron chi connectivity index (χ1n) is 9.32. The summed E-state index contributed by atoms with van der Waals surface area (Å²) >= 11 is 0. The van der Waals surface area contributed by atoms with Crippen molar-refractivity contribution in [3.63, 3.8) is 0 Å². The van der Waals surface area contributed by atoms with Gasteiger partial charge in [-0.05, 0) is 38.1 Å². The second kappa shape index (κ2) is 8.47. The lowest BCUT2D eigenvalue weighted by Gasteiger charge is -2.09. The van der Waals surface area contributed by atoms with Crippen molar-refractivity contribution in [2.24, 2.45) is 0 Å². The molecule has 0 spiro atoms. The Morgan fingerprint density at radius 1 is 1.00 bits per heavy atom. The average Bonchev–Trinajstić information content (AvgIpc) is 3.43. The Hall–Kier alpha value is -4.15. The minimum Gasteiger partial charge on any atom is -0.367 e. The molecule has 4 rings (SSSR count). The van der Waals surface area contributed by atoms with Gasteiger partial charge in [0.25, 0.3) is 5.91 Å². The van der Waals surface area contributed by atoms with Gasteiger partial charge in [0.1, 0.15) is 17.3 Å². The van der Waals surface area contributed by atoms with E-state index in [2.05, 4.69) is 41.0 Å². The summed E-state index contributed by atoms with van der Waals surface area (Å²) in [4.78, 5) is 20.9. The van der Waals surface area contributed by atoms with Crippen LogP contribution in [0.2, 0.25) is 0 Å². The fourth-order valence-electron chi connectivity index (χ4n) is 2.73. The van der Waals surface area contributed by atoms with Crippen LogP contribution in [0.25, 0.3) is 11.6 Å². The third-order valence-electron chi connectivity index (χ3n) is 4.12. The summed E-state index contributed by atoms with van der Waals surface area (Å²) in [5, 5.41) is 22.6. The van der Waals surface area contributed by atoms with Crippen molar-refractivity contribution in [3.8, 4) is 11.6 Å². The molecule has 2 N–H and O–H groups in total. The molecular weight excluding hydrogens is 384 g/mol. The predicted molar refractivity (Wildman–Crippen MR) is 109 cm³/mol. The summed E-state index contributed by atoms with van der Waals surface area (Å²) in [7, 11) is 0. The SMILES string of the molecule is Cc1ccn(-c2ccc(NCCNC(=O)c3cc(-n4cccn4)nc(C)n3)nn2)n1. The van der Waals surface area contributed by atoms with Crippen LogP contribution < -0.4 is 10.6 Å². The average molecular weight is 404 g/mol. The molecule has 4 aromatic heterocycles. The second-order valence-electron chi connectivity index (χ2n) is 6.47. The Morgan fingerprint density at radius 3 is 2.60 bits per heavy atom. The number of nitrogens with one attached hydrogen (secondary N) is 2. The quantitative estimate of drug-likeness (QED) is 0.438. The molecular formula is C19H20N10O. The predicted octanol–water partition coefficient (Wildman–Crippen LogP) is 1.10. The summed E-state index contributed by atoms with van der Waals surface area (Å²) in [5.41, 5.74) is 1.19. The smallest absolute Gasteiger partial charge is 0.270 e. The lowest BCUT2D eigenvalue weighted by molar-refractivity contribution is 0.0949. The molecule has 30 heavy (non-hydrogen) atoms. The van der Waals surface area contributed by atoms with Crippen LogP contribution in [0.1, 0.15) is 22.0 Å². The van der Waals surface area contributed by atoms with Crippen LogP contribution in [0.3, 0.4) is 0 Å². The van der Waals surface area contributed by atoms with E-state index >= 15 is 0 Å². The highest BCUT2D eigenvalue weighted by Crippen LogP contribution is 2.07. The number of carbonyl (C=O) groups is 1. The van der Waals surface area contributed by atoms with E-state index in [4.69, 9.17) is 0 Å². The van der Waals surface area contributed by atoms with Crippen LogP contribution >= 0.6 is 0 Å². The minimum absolute atomic E-state index is 0.284. The number of aryl methyl sites for hydroxylation is 2. The molecule has 11 nitrogen and oxygen atoms in total. The molecule has 0 aliphatic heterocycles. The number of anilines is 1. The van der Waals surface area contributed by atoms with Crippen LogP contribution in [0.4, 0.5) is 5.82 Å². The van der Waals surface area contributed by atoms with Crippen LogP contribution in [0, 0.1) is 13.8 Å². The molecule has 0 saturated carbocycles. The van der Waals surface area contributed by atoms with Crippen LogP contribution in [0.15, 0.2) is 48.9 Å². The van der Waals surface area contributed by atoms with E-state index in [0.717, 1.165) is 5.69 Å². The lowest BCUT2D eigenvalue weighted by Crippen LogP contribution is -2.30. The molecule has 4 heterocycles. The molecule has 0 aliphatic carbocycles. The Morgan fingerprint density at radius 2 is 1.90 bits per heavy atom. The van der Waals surface area contributed by atoms with Gasteiger partial charge >= 0.3 is 0 Å². The van der Waals surface area contributed by atoms with E-state index in [-0.39, 0.29) is 11.6 Å². The summed E-state index contributed by atoms with van der Waals surface area (Å²) in [6.45, 7) is 4.52. The maximum atomic E-state index is 12.4. The molecule has 152 valence electrons. The summed E-state index contributed by atoms with van der Waals surface area (Å²) < 4.78 is 3.24. The lowest BCUT2D eigenvalue weighted by atomic mass is 10.3. The fraction of sp³-hybridized carbons (Fsp3) is 0.211. The number of hydrogen-bond donors (Lipinski definition) is 2. The second-order valence-corrected chi connectivity index (χ2v) is 6.47. The number of rotatable bonds is 7. The molecule has 0 bridgehead atoms. The first-order valence-corrected chi connectivity index (χ1v) is 9.32. The molecule has 4 aromatic rings. The monoisotopic (exact) mass is 404 g/mol. The van der Waals surface area contributed by atoms with Crippen molar-refractivity contribution < 1.29 is 4.79 Å². The Labute approximate surface area is 172 Å². The van der Waals surface area contributed by atoms with E-state index in [1.165, 1.54) is 0 Å². The van der Waals surface area contributed by atoms with Gasteiger partial charge in [0.15, 0.2) is 11.6 Å². The molecule has 0 unspecified atom stereocenters. The summed E-state index contributed by atoms with van der Waals surface area (Å²) in [6.07, 6.45) is 5.23. The van der Waals surface area contributed by atoms with Crippen molar-refractivity contribution in [2.45, 2.75) is 13.8 Å². The van der Waals surface area contributed by atoms with E-state index < -0.39 is 0 Å². The van der Waals surface area contributed by atoms with Gasteiger partial charge in [0.2, 0.25) is 0 Å². The molecule has 0 atom stereocenters. The topological polar surface area (TPSA) is 128 Å². The number of aromatic nitrogens is 8. The third-order valence-corrected chi connectivity index (χ3v) is 4.12. The van der Waals surface area contributed by atoms with Gasteiger partial charge in [-0.3, -0.25) is 4.79 Å². The molecule has 1 amide bonds. The first kappa shape index (κ1) is 19.2. The molecule has 11 heteroatoms. The van der Waals surface area contributed by atoms with Gasteiger partial charge in [-0.25, -0.2) is 19.3 Å². The van der Waals surface area contributed by atoms with Gasteiger partial charge in [0, 0.05) is 37.7 Å². The van der Waals surface area contributed by atoms with E-state index in [0.29, 0.717) is 36.4 Å². The standard InChI is InChI=1S/C19H20N10O/c1-13-6-11-29(27-13)17-5-4-16(25-26-17)20-8-9-21-19(30)15-12-18(24-14(2)23-15)28-10-3-7-22-28/h3-7,10-12H,8-9H2,1-2H3,(H,20,25)(H,21,30). The summed E-state index contributed by atoms with van der Waals surface area (Å²) in [6, 6.07) is 8.91. The van der Waals surface area contributed by atoms with Crippen molar-refractivity contribution in [1.29, 1.82) is 0 Å². The van der Waals surface area contributed by atoms with Crippen LogP contribution in [0.5, 0.6) is 0 Å². The highest BCUT2D eigenvalue weighted by molar-refractivity contribution is 5.92. The number of carbonyl (C=O) groups excluding carboxylic acids is 1. The van der Waals surface area contributed by atoms with Gasteiger partial charge < -0.3 is 10.6 Å². The van der Waals surface area contributed by atoms with Gasteiger partial charge in [0.05, 0.1) is 5.69 Å². The minimum atomic E-state index is -0.286. The van der Waals surface area contributed by atoms with Crippen LogP contribution in [-0.4, -0.2) is 58.7 Å². The maximum Gasteiger partial charge on any atom is 0.270 e. The number of amides is 1. The van der Waals surface area contributed by atoms with Gasteiger partial charge in [-0.2, -0.15) is 10.2 Å². The molecule has 0 radical (unpaired) electrons. The molecule has 0 fully saturated rings. The highest BCUT2D eigenvalue weighted by Gasteiger charge is 2.11. The fourth-order valence-corrected chi connectivity index (χ4v) is 2.73. The van der Waals surface area contributed by atoms with Crippen molar-refractivity contribution in [2.75, 3.05) is 18.4 Å². The number of nitrogens with zero attached hydrogens (tertiary/aromatic N) is 8.